The van der Waals surface area contributed by atoms with Crippen molar-refractivity contribution in [2.45, 2.75) is 31.3 Å². The zero-order valence-electron chi connectivity index (χ0n) is 13.3. The summed E-state index contributed by atoms with van der Waals surface area (Å²) in [6.45, 7) is 3.98. The minimum Gasteiger partial charge on any atom is -0.459 e. The van der Waals surface area contributed by atoms with Crippen molar-refractivity contribution in [3.63, 3.8) is 0 Å². The Balaban J connectivity index is 0.00000192. The van der Waals surface area contributed by atoms with Gasteiger partial charge in [0.1, 0.15) is 0 Å². The van der Waals surface area contributed by atoms with Crippen molar-refractivity contribution in [3.8, 4) is 0 Å². The second-order valence-electron chi connectivity index (χ2n) is 6.02. The van der Waals surface area contributed by atoms with Gasteiger partial charge in [-0.05, 0) is 30.9 Å². The molecule has 2 aliphatic rings. The number of furan rings is 1. The van der Waals surface area contributed by atoms with Crippen molar-refractivity contribution in [2.75, 3.05) is 32.8 Å². The van der Waals surface area contributed by atoms with E-state index in [4.69, 9.17) is 9.15 Å². The molecule has 3 unspecified atom stereocenters. The minimum atomic E-state index is -0.155. The summed E-state index contributed by atoms with van der Waals surface area (Å²) in [6.07, 6.45) is 5.22. The molecule has 3 atom stereocenters. The fourth-order valence-electron chi connectivity index (χ4n) is 3.51. The van der Waals surface area contributed by atoms with Gasteiger partial charge in [0.05, 0.1) is 19.5 Å². The lowest BCUT2D eigenvalue weighted by molar-refractivity contribution is 0.0526. The predicted molar refractivity (Wildman–Crippen MR) is 90.0 cm³/mol. The van der Waals surface area contributed by atoms with Crippen LogP contribution in [0.2, 0.25) is 0 Å². The highest BCUT2D eigenvalue weighted by molar-refractivity contribution is 5.91. The van der Waals surface area contributed by atoms with E-state index in [1.807, 2.05) is 0 Å². The first kappa shape index (κ1) is 18.3. The van der Waals surface area contributed by atoms with E-state index in [1.54, 1.807) is 12.1 Å². The van der Waals surface area contributed by atoms with Gasteiger partial charge in [-0.25, -0.2) is 0 Å². The van der Waals surface area contributed by atoms with Gasteiger partial charge in [-0.15, -0.1) is 12.4 Å². The molecule has 130 valence electrons. The maximum absolute atomic E-state index is 11.8. The summed E-state index contributed by atoms with van der Waals surface area (Å²) in [6, 6.07) is 4.37. The molecular weight excluding hydrogens is 318 g/mol. The van der Waals surface area contributed by atoms with E-state index in [0.29, 0.717) is 30.3 Å². The van der Waals surface area contributed by atoms with E-state index >= 15 is 0 Å². The highest BCUT2D eigenvalue weighted by Gasteiger charge is 2.34. The van der Waals surface area contributed by atoms with Crippen LogP contribution in [0.25, 0.3) is 0 Å². The molecule has 23 heavy (non-hydrogen) atoms. The standard InChI is InChI=1S/C16H25N3O3.ClH/c20-16(15-5-2-9-22-15)19-7-6-17-13-4-1-3-12(13)14-11-21-10-8-18-14;/h2,5,9,12-14,17-18H,1,3-4,6-8,10-11H2,(H,19,20);1H. The number of carbonyl (C=O) groups is 1. The van der Waals surface area contributed by atoms with Crippen LogP contribution in [0.5, 0.6) is 0 Å². The number of nitrogens with one attached hydrogen (secondary N) is 3. The second-order valence-corrected chi connectivity index (χ2v) is 6.02. The number of hydrogen-bond acceptors (Lipinski definition) is 5. The Morgan fingerprint density at radius 3 is 3.00 bits per heavy atom. The zero-order chi connectivity index (χ0) is 15.2. The van der Waals surface area contributed by atoms with Gasteiger partial charge in [0.15, 0.2) is 5.76 Å². The highest BCUT2D eigenvalue weighted by atomic mass is 35.5. The molecule has 1 aromatic rings. The third-order valence-corrected chi connectivity index (χ3v) is 4.60. The van der Waals surface area contributed by atoms with E-state index in [0.717, 1.165) is 26.3 Å². The van der Waals surface area contributed by atoms with Gasteiger partial charge in [0.2, 0.25) is 0 Å². The Morgan fingerprint density at radius 1 is 1.35 bits per heavy atom. The molecule has 1 aliphatic carbocycles. The summed E-state index contributed by atoms with van der Waals surface area (Å²) in [5.41, 5.74) is 0. The Labute approximate surface area is 143 Å². The largest absolute Gasteiger partial charge is 0.459 e. The van der Waals surface area contributed by atoms with Crippen LogP contribution < -0.4 is 16.0 Å². The molecule has 3 rings (SSSR count). The first-order valence-corrected chi connectivity index (χ1v) is 8.21. The van der Waals surface area contributed by atoms with Crippen molar-refractivity contribution in [1.82, 2.24) is 16.0 Å². The number of carbonyl (C=O) groups excluding carboxylic acids is 1. The van der Waals surface area contributed by atoms with Crippen molar-refractivity contribution >= 4 is 18.3 Å². The zero-order valence-corrected chi connectivity index (χ0v) is 14.1. The van der Waals surface area contributed by atoms with E-state index in [2.05, 4.69) is 16.0 Å². The lowest BCUT2D eigenvalue weighted by atomic mass is 9.94. The number of halogens is 1. The molecule has 2 heterocycles. The third kappa shape index (κ3) is 4.94. The molecule has 0 aromatic carbocycles. The molecular formula is C16H26ClN3O3. The second kappa shape index (κ2) is 9.27. The number of hydrogen-bond donors (Lipinski definition) is 3. The Bertz CT molecular complexity index is 463. The molecule has 7 heteroatoms. The lowest BCUT2D eigenvalue weighted by Crippen LogP contribution is -2.51. The summed E-state index contributed by atoms with van der Waals surface area (Å²) in [7, 11) is 0. The summed E-state index contributed by atoms with van der Waals surface area (Å²) in [5.74, 6) is 0.834. The lowest BCUT2D eigenvalue weighted by Gasteiger charge is -2.33. The van der Waals surface area contributed by atoms with Gasteiger partial charge < -0.3 is 25.1 Å². The van der Waals surface area contributed by atoms with Crippen molar-refractivity contribution in [3.05, 3.63) is 24.2 Å². The summed E-state index contributed by atoms with van der Waals surface area (Å²) in [4.78, 5) is 11.8. The molecule has 3 N–H and O–H groups in total. The molecule has 0 spiro atoms. The molecule has 1 saturated heterocycles. The fourth-order valence-corrected chi connectivity index (χ4v) is 3.51. The Morgan fingerprint density at radius 2 is 2.26 bits per heavy atom. The molecule has 1 aromatic heterocycles. The number of rotatable bonds is 6. The average molecular weight is 344 g/mol. The normalized spacial score (nSPS) is 27.4. The van der Waals surface area contributed by atoms with Crippen molar-refractivity contribution in [2.24, 2.45) is 5.92 Å². The van der Waals surface area contributed by atoms with Gasteiger partial charge in [0, 0.05) is 31.7 Å². The number of amides is 1. The van der Waals surface area contributed by atoms with Crippen LogP contribution >= 0.6 is 12.4 Å². The maximum Gasteiger partial charge on any atom is 0.287 e. The van der Waals surface area contributed by atoms with Gasteiger partial charge in [-0.2, -0.15) is 0 Å². The predicted octanol–water partition coefficient (Wildman–Crippen LogP) is 1.18. The maximum atomic E-state index is 11.8. The van der Waals surface area contributed by atoms with Crippen LogP contribution in [0.3, 0.4) is 0 Å². The smallest absolute Gasteiger partial charge is 0.287 e. The topological polar surface area (TPSA) is 75.5 Å². The Kier molecular flexibility index (Phi) is 7.36. The number of ether oxygens (including phenoxy) is 1. The van der Waals surface area contributed by atoms with Crippen LogP contribution in [-0.4, -0.2) is 50.8 Å². The Hall–Kier alpha value is -1.08. The first-order valence-electron chi connectivity index (χ1n) is 8.21. The molecule has 2 fully saturated rings. The van der Waals surface area contributed by atoms with Crippen LogP contribution in [-0.2, 0) is 4.74 Å². The molecule has 6 nitrogen and oxygen atoms in total. The summed E-state index contributed by atoms with van der Waals surface area (Å²) in [5, 5.41) is 10.0. The van der Waals surface area contributed by atoms with Crippen LogP contribution in [0.4, 0.5) is 0 Å². The first-order chi connectivity index (χ1) is 10.8. The fraction of sp³-hybridized carbons (Fsp3) is 0.688. The van der Waals surface area contributed by atoms with Gasteiger partial charge in [0.25, 0.3) is 5.91 Å². The van der Waals surface area contributed by atoms with Gasteiger partial charge >= 0.3 is 0 Å². The van der Waals surface area contributed by atoms with Crippen molar-refractivity contribution < 1.29 is 13.9 Å². The quantitative estimate of drug-likeness (QED) is 0.676. The van der Waals surface area contributed by atoms with Crippen LogP contribution in [0.1, 0.15) is 29.8 Å². The van der Waals surface area contributed by atoms with E-state index < -0.39 is 0 Å². The average Bonchev–Trinajstić information content (AvgIpc) is 3.23. The van der Waals surface area contributed by atoms with E-state index in [9.17, 15) is 4.79 Å². The van der Waals surface area contributed by atoms with E-state index in [-0.39, 0.29) is 18.3 Å². The molecule has 0 bridgehead atoms. The highest BCUT2D eigenvalue weighted by Crippen LogP contribution is 2.29. The summed E-state index contributed by atoms with van der Waals surface area (Å²) >= 11 is 0. The van der Waals surface area contributed by atoms with Gasteiger partial charge in [-0.3, -0.25) is 4.79 Å². The molecule has 1 amide bonds. The SMILES string of the molecule is Cl.O=C(NCCNC1CCCC1C1COCCN1)c1ccco1. The van der Waals surface area contributed by atoms with Crippen LogP contribution in [0.15, 0.2) is 22.8 Å². The van der Waals surface area contributed by atoms with E-state index in [1.165, 1.54) is 25.5 Å². The summed E-state index contributed by atoms with van der Waals surface area (Å²) < 4.78 is 10.7. The van der Waals surface area contributed by atoms with Crippen LogP contribution in [0, 0.1) is 5.92 Å². The minimum absolute atomic E-state index is 0. The van der Waals surface area contributed by atoms with Gasteiger partial charge in [-0.1, -0.05) is 6.42 Å². The third-order valence-electron chi connectivity index (χ3n) is 4.60. The molecule has 1 saturated carbocycles. The molecule has 0 radical (unpaired) electrons. The number of morpholine rings is 1. The monoisotopic (exact) mass is 343 g/mol. The molecule has 1 aliphatic heterocycles. The van der Waals surface area contributed by atoms with Crippen molar-refractivity contribution in [1.29, 1.82) is 0 Å².